The number of nitrogens with one attached hydrogen (secondary N) is 1. The summed E-state index contributed by atoms with van der Waals surface area (Å²) in [5, 5.41) is 2.36. The summed E-state index contributed by atoms with van der Waals surface area (Å²) in [5.41, 5.74) is -0.799. The Kier molecular flexibility index (Phi) is 5.36. The molecule has 1 rings (SSSR count). The number of carbonyl (C=O) groups excluding carboxylic acids is 1. The van der Waals surface area contributed by atoms with Crippen molar-refractivity contribution in [1.82, 2.24) is 5.32 Å². The van der Waals surface area contributed by atoms with Crippen LogP contribution in [0.1, 0.15) is 49.6 Å². The fourth-order valence-corrected chi connectivity index (χ4v) is 2.07. The van der Waals surface area contributed by atoms with Gasteiger partial charge in [-0.1, -0.05) is 12.1 Å². The maximum Gasteiger partial charge on any atom is 0.416 e. The average Bonchev–Trinajstić information content (AvgIpc) is 2.24. The summed E-state index contributed by atoms with van der Waals surface area (Å²) in [4.78, 5) is 11.8. The number of thiol groups is 1. The SMILES string of the molecule is CC(S)c1ccc(CC(=O)NC(C)(C)C)c(C(F)(F)F)c1. The summed E-state index contributed by atoms with van der Waals surface area (Å²) in [6.07, 6.45) is -4.79. The molecule has 0 heterocycles. The van der Waals surface area contributed by atoms with Crippen molar-refractivity contribution in [3.8, 4) is 0 Å². The lowest BCUT2D eigenvalue weighted by Crippen LogP contribution is -2.41. The molecule has 1 aromatic carbocycles. The summed E-state index contributed by atoms with van der Waals surface area (Å²) in [6, 6.07) is 4.00. The van der Waals surface area contributed by atoms with Gasteiger partial charge in [0.05, 0.1) is 12.0 Å². The molecular formula is C15H20F3NOS. The third-order valence-corrected chi connectivity index (χ3v) is 3.09. The molecule has 1 amide bonds. The minimum Gasteiger partial charge on any atom is -0.351 e. The highest BCUT2D eigenvalue weighted by Crippen LogP contribution is 2.35. The van der Waals surface area contributed by atoms with E-state index in [4.69, 9.17) is 0 Å². The minimum atomic E-state index is -4.49. The van der Waals surface area contributed by atoms with E-state index in [1.165, 1.54) is 6.07 Å². The van der Waals surface area contributed by atoms with E-state index in [2.05, 4.69) is 17.9 Å². The topological polar surface area (TPSA) is 29.1 Å². The van der Waals surface area contributed by atoms with Crippen molar-refractivity contribution in [2.24, 2.45) is 0 Å². The summed E-state index contributed by atoms with van der Waals surface area (Å²) in [6.45, 7) is 7.04. The third-order valence-electron chi connectivity index (χ3n) is 2.79. The Morgan fingerprint density at radius 2 is 1.86 bits per heavy atom. The predicted octanol–water partition coefficient (Wildman–Crippen LogP) is 4.15. The van der Waals surface area contributed by atoms with E-state index in [-0.39, 0.29) is 17.2 Å². The zero-order valence-electron chi connectivity index (χ0n) is 12.5. The van der Waals surface area contributed by atoms with Crippen LogP contribution in [0.25, 0.3) is 0 Å². The van der Waals surface area contributed by atoms with Gasteiger partial charge in [0.15, 0.2) is 0 Å². The summed E-state index contributed by atoms with van der Waals surface area (Å²) < 4.78 is 39.4. The van der Waals surface area contributed by atoms with Crippen molar-refractivity contribution >= 4 is 18.5 Å². The van der Waals surface area contributed by atoms with Crippen LogP contribution in [0.2, 0.25) is 0 Å². The van der Waals surface area contributed by atoms with E-state index < -0.39 is 23.2 Å². The first kappa shape index (κ1) is 17.9. The fraction of sp³-hybridized carbons (Fsp3) is 0.533. The molecule has 0 fully saturated rings. The zero-order chi connectivity index (χ0) is 16.4. The van der Waals surface area contributed by atoms with Crippen LogP contribution in [-0.2, 0) is 17.4 Å². The van der Waals surface area contributed by atoms with Crippen LogP contribution in [-0.4, -0.2) is 11.4 Å². The monoisotopic (exact) mass is 319 g/mol. The Morgan fingerprint density at radius 3 is 2.29 bits per heavy atom. The summed E-state index contributed by atoms with van der Waals surface area (Å²) in [7, 11) is 0. The quantitative estimate of drug-likeness (QED) is 0.805. The molecule has 21 heavy (non-hydrogen) atoms. The van der Waals surface area contributed by atoms with E-state index in [9.17, 15) is 18.0 Å². The molecule has 0 saturated carbocycles. The normalized spacial score (nSPS) is 13.9. The van der Waals surface area contributed by atoms with Crippen molar-refractivity contribution in [3.63, 3.8) is 0 Å². The smallest absolute Gasteiger partial charge is 0.351 e. The van der Waals surface area contributed by atoms with Gasteiger partial charge in [-0.15, -0.1) is 0 Å². The van der Waals surface area contributed by atoms with Crippen LogP contribution in [0, 0.1) is 0 Å². The first-order valence-electron chi connectivity index (χ1n) is 6.59. The van der Waals surface area contributed by atoms with Gasteiger partial charge in [-0.3, -0.25) is 4.79 Å². The van der Waals surface area contributed by atoms with Crippen LogP contribution >= 0.6 is 12.6 Å². The van der Waals surface area contributed by atoms with E-state index in [0.717, 1.165) is 6.07 Å². The number of benzene rings is 1. The molecule has 118 valence electrons. The van der Waals surface area contributed by atoms with E-state index in [1.807, 2.05) is 0 Å². The number of amides is 1. The molecule has 2 nitrogen and oxygen atoms in total. The molecule has 1 atom stereocenters. The third kappa shape index (κ3) is 5.61. The minimum absolute atomic E-state index is 0.0259. The molecule has 1 N–H and O–H groups in total. The standard InChI is InChI=1S/C15H20F3NOS/c1-9(21)10-5-6-11(12(7-10)15(16,17)18)8-13(20)19-14(2,3)4/h5-7,9,21H,8H2,1-4H3,(H,19,20). The number of hydrogen-bond acceptors (Lipinski definition) is 2. The number of carbonyl (C=O) groups is 1. The largest absolute Gasteiger partial charge is 0.416 e. The lowest BCUT2D eigenvalue weighted by atomic mass is 9.98. The predicted molar refractivity (Wildman–Crippen MR) is 80.4 cm³/mol. The molecular weight excluding hydrogens is 299 g/mol. The van der Waals surface area contributed by atoms with Gasteiger partial charge in [0.2, 0.25) is 5.91 Å². The van der Waals surface area contributed by atoms with Gasteiger partial charge >= 0.3 is 6.18 Å². The lowest BCUT2D eigenvalue weighted by molar-refractivity contribution is -0.138. The van der Waals surface area contributed by atoms with E-state index >= 15 is 0 Å². The van der Waals surface area contributed by atoms with Crippen LogP contribution < -0.4 is 5.32 Å². The molecule has 0 bridgehead atoms. The van der Waals surface area contributed by atoms with Crippen LogP contribution in [0.4, 0.5) is 13.2 Å². The van der Waals surface area contributed by atoms with Crippen molar-refractivity contribution in [2.45, 2.75) is 51.1 Å². The molecule has 1 aromatic rings. The highest BCUT2D eigenvalue weighted by Gasteiger charge is 2.34. The zero-order valence-corrected chi connectivity index (χ0v) is 13.4. The van der Waals surface area contributed by atoms with Crippen LogP contribution in [0.3, 0.4) is 0 Å². The molecule has 6 heteroatoms. The van der Waals surface area contributed by atoms with Crippen LogP contribution in [0.5, 0.6) is 0 Å². The molecule has 0 aliphatic rings. The Labute approximate surface area is 128 Å². The Balaban J connectivity index is 3.10. The maximum absolute atomic E-state index is 13.1. The second-order valence-corrected chi connectivity index (χ2v) is 6.84. The van der Waals surface area contributed by atoms with Crippen molar-refractivity contribution < 1.29 is 18.0 Å². The molecule has 1 unspecified atom stereocenters. The first-order valence-corrected chi connectivity index (χ1v) is 7.11. The second kappa shape index (κ2) is 6.30. The summed E-state index contributed by atoms with van der Waals surface area (Å²) in [5.74, 6) is -0.431. The molecule has 0 aliphatic carbocycles. The van der Waals surface area contributed by atoms with E-state index in [1.54, 1.807) is 33.8 Å². The van der Waals surface area contributed by atoms with Crippen molar-refractivity contribution in [2.75, 3.05) is 0 Å². The number of rotatable bonds is 3. The van der Waals surface area contributed by atoms with Crippen molar-refractivity contribution in [3.05, 3.63) is 34.9 Å². The van der Waals surface area contributed by atoms with Gasteiger partial charge in [0.25, 0.3) is 0 Å². The maximum atomic E-state index is 13.1. The van der Waals surface area contributed by atoms with E-state index in [0.29, 0.717) is 5.56 Å². The van der Waals surface area contributed by atoms with Gasteiger partial charge in [-0.25, -0.2) is 0 Å². The Bertz CT molecular complexity index is 519. The van der Waals surface area contributed by atoms with Crippen molar-refractivity contribution in [1.29, 1.82) is 0 Å². The Hall–Kier alpha value is -1.17. The van der Waals surface area contributed by atoms with Crippen LogP contribution in [0.15, 0.2) is 18.2 Å². The number of hydrogen-bond donors (Lipinski definition) is 2. The lowest BCUT2D eigenvalue weighted by Gasteiger charge is -2.21. The van der Waals surface area contributed by atoms with Gasteiger partial charge in [-0.2, -0.15) is 25.8 Å². The molecule has 0 spiro atoms. The highest BCUT2D eigenvalue weighted by molar-refractivity contribution is 7.80. The van der Waals surface area contributed by atoms with Gasteiger partial charge in [0, 0.05) is 10.8 Å². The van der Waals surface area contributed by atoms with Gasteiger partial charge in [-0.05, 0) is 44.9 Å². The molecule has 0 saturated heterocycles. The number of alkyl halides is 3. The van der Waals surface area contributed by atoms with Gasteiger partial charge in [0.1, 0.15) is 0 Å². The fourth-order valence-electron chi connectivity index (χ4n) is 1.91. The number of halogens is 3. The molecule has 0 aromatic heterocycles. The second-order valence-electron chi connectivity index (χ2n) is 6.07. The Morgan fingerprint density at radius 1 is 1.29 bits per heavy atom. The molecule has 0 radical (unpaired) electrons. The van der Waals surface area contributed by atoms with Gasteiger partial charge < -0.3 is 5.32 Å². The summed E-state index contributed by atoms with van der Waals surface area (Å²) >= 11 is 4.14. The first-order chi connectivity index (χ1) is 9.40. The average molecular weight is 319 g/mol. The highest BCUT2D eigenvalue weighted by atomic mass is 32.1. The molecule has 0 aliphatic heterocycles.